The molecule has 3 N–H and O–H groups in total. The molecule has 1 aromatic carbocycles. The lowest BCUT2D eigenvalue weighted by atomic mass is 10.2. The number of urea groups is 1. The Kier molecular flexibility index (Phi) is 5.45. The first-order chi connectivity index (χ1) is 8.52. The molecular weight excluding hydrogens is 347 g/mol. The molecule has 0 heterocycles. The zero-order chi connectivity index (χ0) is 13.5. The van der Waals surface area contributed by atoms with Crippen molar-refractivity contribution in [1.82, 2.24) is 5.32 Å². The van der Waals surface area contributed by atoms with Crippen LogP contribution >= 0.6 is 22.6 Å². The smallest absolute Gasteiger partial charge is 0.327 e. The van der Waals surface area contributed by atoms with Crippen molar-refractivity contribution in [3.63, 3.8) is 0 Å². The van der Waals surface area contributed by atoms with Gasteiger partial charge in [0.05, 0.1) is 0 Å². The molecule has 94 valence electrons. The van der Waals surface area contributed by atoms with E-state index in [4.69, 9.17) is 11.5 Å². The van der Waals surface area contributed by atoms with Gasteiger partial charge < -0.3 is 15.7 Å². The Hall–Kier alpha value is -1.75. The lowest BCUT2D eigenvalue weighted by molar-refractivity contribution is -0.139. The van der Waals surface area contributed by atoms with Gasteiger partial charge in [0.15, 0.2) is 0 Å². The van der Waals surface area contributed by atoms with Gasteiger partial charge in [0, 0.05) is 15.7 Å². The predicted molar refractivity (Wildman–Crippen MR) is 76.2 cm³/mol. The van der Waals surface area contributed by atoms with Gasteiger partial charge in [-0.15, -0.1) is 12.3 Å². The van der Waals surface area contributed by atoms with Crippen LogP contribution in [-0.2, 0) is 4.79 Å². The number of nitrogens with one attached hydrogen (secondary N) is 2. The Morgan fingerprint density at radius 1 is 1.50 bits per heavy atom. The molecule has 0 spiro atoms. The second kappa shape index (κ2) is 6.86. The number of carbonyl (C=O) groups is 2. The Morgan fingerprint density at radius 3 is 2.78 bits per heavy atom. The molecule has 0 aliphatic rings. The van der Waals surface area contributed by atoms with E-state index in [-0.39, 0.29) is 6.42 Å². The summed E-state index contributed by atoms with van der Waals surface area (Å²) in [6.45, 7) is 0. The lowest BCUT2D eigenvalue weighted by Gasteiger charge is -2.12. The topological polar surface area (TPSA) is 78.4 Å². The molecule has 0 aromatic heterocycles. The van der Waals surface area contributed by atoms with Crippen LogP contribution in [-0.4, -0.2) is 23.1 Å². The fraction of sp³-hybridized carbons (Fsp3) is 0.167. The molecule has 1 atom stereocenters. The zero-order valence-corrected chi connectivity index (χ0v) is 11.5. The van der Waals surface area contributed by atoms with E-state index in [1.165, 1.54) is 0 Å². The summed E-state index contributed by atoms with van der Waals surface area (Å²) in [5, 5.41) is 13.7. The zero-order valence-electron chi connectivity index (χ0n) is 9.31. The minimum absolute atomic E-state index is 0.0604. The maximum atomic E-state index is 11.6. The van der Waals surface area contributed by atoms with E-state index in [0.717, 1.165) is 3.57 Å². The molecule has 0 radical (unpaired) electrons. The van der Waals surface area contributed by atoms with Gasteiger partial charge in [-0.1, -0.05) is 6.07 Å². The number of halogens is 1. The van der Waals surface area contributed by atoms with Gasteiger partial charge in [-0.05, 0) is 40.8 Å². The number of amides is 2. The molecule has 0 bridgehead atoms. The average Bonchev–Trinajstić information content (AvgIpc) is 2.28. The standard InChI is InChI=1S/C12H11IN2O3/c1-2-4-10(11(16)17)15-12(18)14-9-6-3-5-8(13)7-9/h1,3,5-7,10H,4H2,(H,16,17)(H2,14,15,18). The molecule has 18 heavy (non-hydrogen) atoms. The van der Waals surface area contributed by atoms with Gasteiger partial charge in [-0.2, -0.15) is 0 Å². The third kappa shape index (κ3) is 4.63. The van der Waals surface area contributed by atoms with Crippen LogP contribution in [0.2, 0.25) is 0 Å². The van der Waals surface area contributed by atoms with Crippen molar-refractivity contribution in [3.8, 4) is 12.3 Å². The highest BCUT2D eigenvalue weighted by Gasteiger charge is 2.18. The van der Waals surface area contributed by atoms with Crippen molar-refractivity contribution in [2.75, 3.05) is 5.32 Å². The van der Waals surface area contributed by atoms with Crippen LogP contribution in [0.3, 0.4) is 0 Å². The van der Waals surface area contributed by atoms with Crippen molar-refractivity contribution in [2.45, 2.75) is 12.5 Å². The average molecular weight is 358 g/mol. The number of carbonyl (C=O) groups excluding carboxylic acids is 1. The first-order valence-electron chi connectivity index (χ1n) is 5.02. The highest BCUT2D eigenvalue weighted by atomic mass is 127. The number of aliphatic carboxylic acids is 1. The van der Waals surface area contributed by atoms with Crippen LogP contribution in [0.15, 0.2) is 24.3 Å². The van der Waals surface area contributed by atoms with Crippen LogP contribution < -0.4 is 10.6 Å². The molecule has 0 aliphatic heterocycles. The lowest BCUT2D eigenvalue weighted by Crippen LogP contribution is -2.42. The first kappa shape index (κ1) is 14.3. The molecule has 1 aromatic rings. The Balaban J connectivity index is 2.61. The van der Waals surface area contributed by atoms with Gasteiger partial charge in [-0.25, -0.2) is 9.59 Å². The number of carboxylic acid groups (broad SMARTS) is 1. The summed E-state index contributed by atoms with van der Waals surface area (Å²) in [6.07, 6.45) is 4.97. The summed E-state index contributed by atoms with van der Waals surface area (Å²) in [5.41, 5.74) is 0.587. The van der Waals surface area contributed by atoms with Gasteiger partial charge in [0.2, 0.25) is 0 Å². The fourth-order valence-electron chi connectivity index (χ4n) is 1.21. The third-order valence-electron chi connectivity index (χ3n) is 2.01. The third-order valence-corrected chi connectivity index (χ3v) is 2.68. The second-order valence-corrected chi connectivity index (χ2v) is 4.65. The number of rotatable bonds is 4. The molecule has 1 rings (SSSR count). The Morgan fingerprint density at radius 2 is 2.22 bits per heavy atom. The molecule has 6 heteroatoms. The van der Waals surface area contributed by atoms with Crippen LogP contribution in [0.1, 0.15) is 6.42 Å². The normalized spacial score (nSPS) is 11.1. The van der Waals surface area contributed by atoms with Crippen molar-refractivity contribution < 1.29 is 14.7 Å². The maximum Gasteiger partial charge on any atom is 0.327 e. The molecule has 2 amide bonds. The Bertz CT molecular complexity index is 496. The molecule has 0 aliphatic carbocycles. The highest BCUT2D eigenvalue weighted by molar-refractivity contribution is 14.1. The monoisotopic (exact) mass is 358 g/mol. The van der Waals surface area contributed by atoms with Crippen molar-refractivity contribution in [2.24, 2.45) is 0 Å². The number of terminal acetylenes is 1. The van der Waals surface area contributed by atoms with Crippen molar-refractivity contribution in [3.05, 3.63) is 27.8 Å². The van der Waals surface area contributed by atoms with E-state index in [9.17, 15) is 9.59 Å². The molecule has 0 saturated heterocycles. The van der Waals surface area contributed by atoms with E-state index < -0.39 is 18.0 Å². The maximum absolute atomic E-state index is 11.6. The van der Waals surface area contributed by atoms with Crippen LogP contribution in [0.4, 0.5) is 10.5 Å². The van der Waals surface area contributed by atoms with Gasteiger partial charge in [0.1, 0.15) is 6.04 Å². The molecule has 5 nitrogen and oxygen atoms in total. The summed E-state index contributed by atoms with van der Waals surface area (Å²) in [7, 11) is 0. The summed E-state index contributed by atoms with van der Waals surface area (Å²) in [6, 6.07) is 5.45. The summed E-state index contributed by atoms with van der Waals surface area (Å²) < 4.78 is 0.962. The molecule has 0 fully saturated rings. The molecule has 0 saturated carbocycles. The number of carboxylic acids is 1. The van der Waals surface area contributed by atoms with E-state index in [1.807, 2.05) is 6.07 Å². The molecule has 1 unspecified atom stereocenters. The first-order valence-corrected chi connectivity index (χ1v) is 6.10. The summed E-state index contributed by atoms with van der Waals surface area (Å²) in [4.78, 5) is 22.3. The number of hydrogen-bond acceptors (Lipinski definition) is 2. The van der Waals surface area contributed by atoms with Gasteiger partial charge >= 0.3 is 12.0 Å². The largest absolute Gasteiger partial charge is 0.480 e. The van der Waals surface area contributed by atoms with Crippen molar-refractivity contribution >= 4 is 40.3 Å². The summed E-state index contributed by atoms with van der Waals surface area (Å²) in [5.74, 6) is 1.04. The minimum atomic E-state index is -1.16. The number of hydrogen-bond donors (Lipinski definition) is 3. The van der Waals surface area contributed by atoms with Crippen LogP contribution in [0.5, 0.6) is 0 Å². The SMILES string of the molecule is C#CCC(NC(=O)Nc1cccc(I)c1)C(=O)O. The second-order valence-electron chi connectivity index (χ2n) is 3.41. The summed E-state index contributed by atoms with van der Waals surface area (Å²) >= 11 is 2.11. The van der Waals surface area contributed by atoms with Gasteiger partial charge in [0.25, 0.3) is 0 Å². The van der Waals surface area contributed by atoms with Crippen LogP contribution in [0.25, 0.3) is 0 Å². The van der Waals surface area contributed by atoms with Crippen molar-refractivity contribution in [1.29, 1.82) is 0 Å². The van der Waals surface area contributed by atoms with Crippen LogP contribution in [0, 0.1) is 15.9 Å². The van der Waals surface area contributed by atoms with Gasteiger partial charge in [-0.3, -0.25) is 0 Å². The Labute approximate surface area is 118 Å². The van der Waals surface area contributed by atoms with E-state index >= 15 is 0 Å². The van der Waals surface area contributed by atoms with E-state index in [0.29, 0.717) is 5.69 Å². The predicted octanol–water partition coefficient (Wildman–Crippen LogP) is 1.89. The fourth-order valence-corrected chi connectivity index (χ4v) is 1.75. The quantitative estimate of drug-likeness (QED) is 0.568. The number of benzene rings is 1. The minimum Gasteiger partial charge on any atom is -0.480 e. The highest BCUT2D eigenvalue weighted by Crippen LogP contribution is 2.12. The van der Waals surface area contributed by atoms with E-state index in [1.54, 1.807) is 18.2 Å². The number of anilines is 1. The van der Waals surface area contributed by atoms with E-state index in [2.05, 4.69) is 39.1 Å². The molecular formula is C12H11IN2O3.